The molecule has 0 atom stereocenters. The van der Waals surface area contributed by atoms with Crippen LogP contribution in [0.1, 0.15) is 233 Å². The summed E-state index contributed by atoms with van der Waals surface area (Å²) in [4.78, 5) is 0. The Balaban J connectivity index is -0.000000248. The summed E-state index contributed by atoms with van der Waals surface area (Å²) in [7, 11) is 9.73. The molecule has 0 spiro atoms. The molecule has 3 nitrogen and oxygen atoms in total. The maximum absolute atomic E-state index is 2.43. The molecular formula is C44H98Cl2N2O. The van der Waals surface area contributed by atoms with Crippen LogP contribution in [0.25, 0.3) is 0 Å². The minimum absolute atomic E-state index is 0. The zero-order valence-corrected chi connectivity index (χ0v) is 37.1. The van der Waals surface area contributed by atoms with Crippen LogP contribution >= 0.6 is 0 Å². The van der Waals surface area contributed by atoms with Crippen molar-refractivity contribution in [2.45, 2.75) is 233 Å². The molecular weight excluding hydrogens is 643 g/mol. The minimum Gasteiger partial charge on any atom is -1.00 e. The molecule has 0 unspecified atom stereocenters. The molecule has 0 radical (unpaired) electrons. The molecule has 0 aliphatic heterocycles. The van der Waals surface area contributed by atoms with Gasteiger partial charge in [-0.15, -0.1) is 0 Å². The highest BCUT2D eigenvalue weighted by atomic mass is 35.5. The first-order valence-corrected chi connectivity index (χ1v) is 21.9. The highest BCUT2D eigenvalue weighted by Gasteiger charge is 2.14. The monoisotopic (exact) mass is 741 g/mol. The molecule has 0 aromatic heterocycles. The third-order valence-electron chi connectivity index (χ3n) is 10.5. The molecule has 49 heavy (non-hydrogen) atoms. The maximum atomic E-state index is 2.43. The lowest BCUT2D eigenvalue weighted by atomic mass is 10.1. The molecule has 0 aromatic carbocycles. The fourth-order valence-electron chi connectivity index (χ4n) is 6.92. The van der Waals surface area contributed by atoms with Crippen molar-refractivity contribution in [1.29, 1.82) is 0 Å². The van der Waals surface area contributed by atoms with E-state index in [0.717, 1.165) is 0 Å². The van der Waals surface area contributed by atoms with Crippen molar-refractivity contribution in [1.82, 2.24) is 0 Å². The fourth-order valence-corrected chi connectivity index (χ4v) is 6.92. The standard InChI is InChI=1S/2C22H48N.2ClH.H2O/c2*1-5-7-9-11-13-15-17-19-21-23(3,4)22-20-18-16-14-12-10-8-6-2;;;/h2*5-22H2,1-4H3;2*1H;1H2/q2*+1;;;/p-2. The second-order valence-corrected chi connectivity index (χ2v) is 16.7. The van der Waals surface area contributed by atoms with Crippen molar-refractivity contribution in [3.8, 4) is 0 Å². The van der Waals surface area contributed by atoms with E-state index in [9.17, 15) is 0 Å². The molecule has 0 bridgehead atoms. The molecule has 0 fully saturated rings. The van der Waals surface area contributed by atoms with Crippen molar-refractivity contribution < 1.29 is 39.3 Å². The summed E-state index contributed by atoms with van der Waals surface area (Å²) in [6.07, 6.45) is 46.1. The van der Waals surface area contributed by atoms with Crippen LogP contribution in [0.2, 0.25) is 0 Å². The van der Waals surface area contributed by atoms with Gasteiger partial charge in [0, 0.05) is 0 Å². The Morgan fingerprint density at radius 1 is 0.224 bits per heavy atom. The minimum atomic E-state index is 0. The predicted molar refractivity (Wildman–Crippen MR) is 218 cm³/mol. The van der Waals surface area contributed by atoms with Crippen molar-refractivity contribution in [2.75, 3.05) is 54.4 Å². The molecule has 0 aromatic rings. The highest BCUT2D eigenvalue weighted by molar-refractivity contribution is 4.50. The Bertz CT molecular complexity index is 467. The summed E-state index contributed by atoms with van der Waals surface area (Å²) in [5.74, 6) is 0. The number of hydrogen-bond acceptors (Lipinski definition) is 0. The molecule has 0 saturated carbocycles. The second kappa shape index (κ2) is 46.5. The summed E-state index contributed by atoms with van der Waals surface area (Å²) in [6.45, 7) is 14.7. The van der Waals surface area contributed by atoms with Gasteiger partial charge in [0.1, 0.15) is 0 Å². The highest BCUT2D eigenvalue weighted by Crippen LogP contribution is 2.15. The third kappa shape index (κ3) is 52.9. The summed E-state index contributed by atoms with van der Waals surface area (Å²) in [5.41, 5.74) is 0. The van der Waals surface area contributed by atoms with Crippen LogP contribution in [0.5, 0.6) is 0 Å². The van der Waals surface area contributed by atoms with Crippen molar-refractivity contribution in [3.63, 3.8) is 0 Å². The van der Waals surface area contributed by atoms with Crippen LogP contribution in [0.15, 0.2) is 0 Å². The largest absolute Gasteiger partial charge is 1.00 e. The van der Waals surface area contributed by atoms with Crippen molar-refractivity contribution in [2.24, 2.45) is 0 Å². The molecule has 5 heteroatoms. The number of hydrogen-bond donors (Lipinski definition) is 0. The van der Waals surface area contributed by atoms with E-state index in [0.29, 0.717) is 0 Å². The molecule has 0 aliphatic carbocycles. The van der Waals surface area contributed by atoms with Gasteiger partial charge in [-0.1, -0.05) is 182 Å². The number of halogens is 2. The number of rotatable bonds is 36. The lowest BCUT2D eigenvalue weighted by Crippen LogP contribution is -3.00. The fraction of sp³-hybridized carbons (Fsp3) is 1.00. The van der Waals surface area contributed by atoms with Crippen molar-refractivity contribution in [3.05, 3.63) is 0 Å². The Hall–Kier alpha value is 0.460. The van der Waals surface area contributed by atoms with Gasteiger partial charge in [-0.3, -0.25) is 0 Å². The molecule has 2 N–H and O–H groups in total. The van der Waals surface area contributed by atoms with Gasteiger partial charge in [0.15, 0.2) is 0 Å². The number of nitrogens with zero attached hydrogens (tertiary/aromatic N) is 2. The first kappa shape index (κ1) is 58.8. The van der Waals surface area contributed by atoms with Gasteiger partial charge in [0.05, 0.1) is 54.4 Å². The molecule has 0 amide bonds. The van der Waals surface area contributed by atoms with Crippen LogP contribution in [-0.4, -0.2) is 68.8 Å². The van der Waals surface area contributed by atoms with E-state index in [4.69, 9.17) is 0 Å². The van der Waals surface area contributed by atoms with Crippen LogP contribution in [0, 0.1) is 0 Å². The van der Waals surface area contributed by atoms with Gasteiger partial charge in [-0.05, 0) is 51.4 Å². The van der Waals surface area contributed by atoms with E-state index in [1.54, 1.807) is 0 Å². The lowest BCUT2D eigenvalue weighted by Gasteiger charge is -2.30. The zero-order chi connectivity index (χ0) is 34.5. The SMILES string of the molecule is CCCCCCCCCC[N+](C)(C)CCCCCCCCCC.CCCCCCCCCC[N+](C)(C)CCCCCCCCCC.O.[Cl-].[Cl-]. The predicted octanol–water partition coefficient (Wildman–Crippen LogP) is 7.87. The van der Waals surface area contributed by atoms with Gasteiger partial charge in [0.2, 0.25) is 0 Å². The summed E-state index contributed by atoms with van der Waals surface area (Å²) in [6, 6.07) is 0. The maximum Gasteiger partial charge on any atom is 0.0782 e. The molecule has 304 valence electrons. The van der Waals surface area contributed by atoms with Gasteiger partial charge < -0.3 is 39.3 Å². The molecule has 0 aliphatic rings. The van der Waals surface area contributed by atoms with E-state index in [2.05, 4.69) is 55.9 Å². The van der Waals surface area contributed by atoms with E-state index in [-0.39, 0.29) is 30.3 Å². The van der Waals surface area contributed by atoms with Gasteiger partial charge in [0.25, 0.3) is 0 Å². The lowest BCUT2D eigenvalue weighted by molar-refractivity contribution is -0.890. The van der Waals surface area contributed by atoms with E-state index in [1.165, 1.54) is 241 Å². The first-order chi connectivity index (χ1) is 22.2. The Kier molecular flexibility index (Phi) is 55.7. The number of quaternary nitrogens is 2. The topological polar surface area (TPSA) is 31.5 Å². The summed E-state index contributed by atoms with van der Waals surface area (Å²) < 4.78 is 2.48. The summed E-state index contributed by atoms with van der Waals surface area (Å²) in [5, 5.41) is 0. The van der Waals surface area contributed by atoms with E-state index < -0.39 is 0 Å². The third-order valence-corrected chi connectivity index (χ3v) is 10.5. The Morgan fingerprint density at radius 2 is 0.347 bits per heavy atom. The zero-order valence-electron chi connectivity index (χ0n) is 35.6. The van der Waals surface area contributed by atoms with Crippen molar-refractivity contribution >= 4 is 0 Å². The smallest absolute Gasteiger partial charge is 0.0782 e. The number of unbranched alkanes of at least 4 members (excludes halogenated alkanes) is 28. The normalized spacial score (nSPS) is 11.3. The van der Waals surface area contributed by atoms with Crippen LogP contribution in [-0.2, 0) is 0 Å². The van der Waals surface area contributed by atoms with Crippen LogP contribution < -0.4 is 24.8 Å². The Labute approximate surface area is 325 Å². The van der Waals surface area contributed by atoms with E-state index >= 15 is 0 Å². The van der Waals surface area contributed by atoms with Gasteiger partial charge >= 0.3 is 0 Å². The van der Waals surface area contributed by atoms with E-state index in [1.807, 2.05) is 0 Å². The van der Waals surface area contributed by atoms with Gasteiger partial charge in [-0.2, -0.15) is 0 Å². The quantitative estimate of drug-likeness (QED) is 0.0463. The second-order valence-electron chi connectivity index (χ2n) is 16.7. The molecule has 0 saturated heterocycles. The average Bonchev–Trinajstić information content (AvgIpc) is 3.02. The van der Waals surface area contributed by atoms with Gasteiger partial charge in [-0.25, -0.2) is 0 Å². The van der Waals surface area contributed by atoms with Crippen LogP contribution in [0.3, 0.4) is 0 Å². The summed E-state index contributed by atoms with van der Waals surface area (Å²) >= 11 is 0. The van der Waals surface area contributed by atoms with Crippen LogP contribution in [0.4, 0.5) is 0 Å². The molecule has 0 heterocycles. The molecule has 0 rings (SSSR count). The average molecular weight is 742 g/mol. The Morgan fingerprint density at radius 3 is 0.490 bits per heavy atom. The first-order valence-electron chi connectivity index (χ1n) is 21.9.